The fraction of sp³-hybridized carbons (Fsp3) is 0.625. The maximum atomic E-state index is 13.6. The van der Waals surface area contributed by atoms with Crippen molar-refractivity contribution in [3.63, 3.8) is 0 Å². The van der Waals surface area contributed by atoms with Crippen LogP contribution in [0, 0.1) is 5.82 Å². The fourth-order valence-electron chi connectivity index (χ4n) is 2.74. The van der Waals surface area contributed by atoms with Crippen LogP contribution >= 0.6 is 0 Å². The Hall–Kier alpha value is -0.930. The second-order valence-corrected chi connectivity index (χ2v) is 5.35. The van der Waals surface area contributed by atoms with Gasteiger partial charge in [0, 0.05) is 12.6 Å². The molecule has 1 aromatic rings. The van der Waals surface area contributed by atoms with Gasteiger partial charge < -0.3 is 10.1 Å². The predicted molar refractivity (Wildman–Crippen MR) is 75.8 cm³/mol. The number of rotatable bonds is 7. The topological polar surface area (TPSA) is 21.3 Å². The standard InChI is InChI=1S/C16H24FNO/c1-18-14(7-4-8-15-9-5-11-19-15)12-13-6-2-3-10-16(13)17/h2-3,6,10,14-15,18H,4-5,7-9,11-12H2,1H3. The van der Waals surface area contributed by atoms with E-state index in [4.69, 9.17) is 4.74 Å². The molecular formula is C16H24FNO. The van der Waals surface area contributed by atoms with Crippen LogP contribution in [0.5, 0.6) is 0 Å². The van der Waals surface area contributed by atoms with Crippen LogP contribution in [0.4, 0.5) is 4.39 Å². The third-order valence-electron chi connectivity index (χ3n) is 3.94. The van der Waals surface area contributed by atoms with Crippen molar-refractivity contribution in [2.45, 2.75) is 50.7 Å². The number of benzene rings is 1. The van der Waals surface area contributed by atoms with Crippen LogP contribution in [0.3, 0.4) is 0 Å². The van der Waals surface area contributed by atoms with Crippen LogP contribution in [0.2, 0.25) is 0 Å². The molecule has 1 saturated heterocycles. The molecule has 0 aliphatic carbocycles. The van der Waals surface area contributed by atoms with Gasteiger partial charge >= 0.3 is 0 Å². The van der Waals surface area contributed by atoms with Gasteiger partial charge in [-0.05, 0) is 57.2 Å². The molecular weight excluding hydrogens is 241 g/mol. The van der Waals surface area contributed by atoms with Crippen molar-refractivity contribution in [2.75, 3.05) is 13.7 Å². The highest BCUT2D eigenvalue weighted by molar-refractivity contribution is 5.18. The first-order chi connectivity index (χ1) is 9.29. The van der Waals surface area contributed by atoms with Crippen molar-refractivity contribution in [1.82, 2.24) is 5.32 Å². The summed E-state index contributed by atoms with van der Waals surface area (Å²) in [5.41, 5.74) is 0.805. The minimum absolute atomic E-state index is 0.0955. The number of halogens is 1. The van der Waals surface area contributed by atoms with E-state index in [2.05, 4.69) is 5.32 Å². The Kier molecular flexibility index (Phi) is 5.80. The van der Waals surface area contributed by atoms with Crippen LogP contribution in [0.15, 0.2) is 24.3 Å². The summed E-state index contributed by atoms with van der Waals surface area (Å²) in [5.74, 6) is -0.0955. The van der Waals surface area contributed by atoms with Crippen LogP contribution in [0.25, 0.3) is 0 Å². The molecule has 106 valence electrons. The number of likely N-dealkylation sites (N-methyl/N-ethyl adjacent to an activating group) is 1. The number of ether oxygens (including phenoxy) is 1. The molecule has 19 heavy (non-hydrogen) atoms. The highest BCUT2D eigenvalue weighted by atomic mass is 19.1. The molecule has 3 heteroatoms. The molecule has 1 aromatic carbocycles. The molecule has 2 rings (SSSR count). The van der Waals surface area contributed by atoms with Gasteiger partial charge in [0.05, 0.1) is 6.10 Å². The van der Waals surface area contributed by atoms with Gasteiger partial charge in [-0.1, -0.05) is 18.2 Å². The van der Waals surface area contributed by atoms with Crippen LogP contribution in [-0.4, -0.2) is 25.8 Å². The Morgan fingerprint density at radius 3 is 2.95 bits per heavy atom. The average Bonchev–Trinajstić information content (AvgIpc) is 2.93. The SMILES string of the molecule is CNC(CCCC1CCCO1)Cc1ccccc1F. The van der Waals surface area contributed by atoms with E-state index in [1.807, 2.05) is 19.2 Å². The van der Waals surface area contributed by atoms with E-state index in [0.29, 0.717) is 12.1 Å². The summed E-state index contributed by atoms with van der Waals surface area (Å²) < 4.78 is 19.2. The summed E-state index contributed by atoms with van der Waals surface area (Å²) in [5, 5.41) is 3.30. The summed E-state index contributed by atoms with van der Waals surface area (Å²) in [7, 11) is 1.96. The summed E-state index contributed by atoms with van der Waals surface area (Å²) in [4.78, 5) is 0. The molecule has 0 spiro atoms. The first-order valence-electron chi connectivity index (χ1n) is 7.32. The molecule has 0 aromatic heterocycles. The smallest absolute Gasteiger partial charge is 0.126 e. The summed E-state index contributed by atoms with van der Waals surface area (Å²) in [6, 6.07) is 7.40. The van der Waals surface area contributed by atoms with Gasteiger partial charge in [0.25, 0.3) is 0 Å². The number of hydrogen-bond donors (Lipinski definition) is 1. The maximum Gasteiger partial charge on any atom is 0.126 e. The summed E-state index contributed by atoms with van der Waals surface area (Å²) >= 11 is 0. The van der Waals surface area contributed by atoms with Crippen LogP contribution < -0.4 is 5.32 Å². The zero-order valence-electron chi connectivity index (χ0n) is 11.7. The van der Waals surface area contributed by atoms with Crippen molar-refractivity contribution in [2.24, 2.45) is 0 Å². The highest BCUT2D eigenvalue weighted by Gasteiger charge is 2.16. The van der Waals surface area contributed by atoms with E-state index in [1.165, 1.54) is 18.9 Å². The van der Waals surface area contributed by atoms with Crippen molar-refractivity contribution in [1.29, 1.82) is 0 Å². The van der Waals surface area contributed by atoms with Gasteiger partial charge in [-0.15, -0.1) is 0 Å². The van der Waals surface area contributed by atoms with E-state index < -0.39 is 0 Å². The second-order valence-electron chi connectivity index (χ2n) is 5.35. The van der Waals surface area contributed by atoms with E-state index in [0.717, 1.165) is 37.9 Å². The largest absolute Gasteiger partial charge is 0.378 e. The lowest BCUT2D eigenvalue weighted by Crippen LogP contribution is -2.28. The quantitative estimate of drug-likeness (QED) is 0.816. The lowest BCUT2D eigenvalue weighted by Gasteiger charge is -2.17. The Morgan fingerprint density at radius 1 is 1.42 bits per heavy atom. The molecule has 0 radical (unpaired) electrons. The van der Waals surface area contributed by atoms with E-state index in [9.17, 15) is 4.39 Å². The molecule has 2 nitrogen and oxygen atoms in total. The third kappa shape index (κ3) is 4.59. The molecule has 0 bridgehead atoms. The molecule has 0 saturated carbocycles. The van der Waals surface area contributed by atoms with E-state index in [1.54, 1.807) is 6.07 Å². The maximum absolute atomic E-state index is 13.6. The molecule has 1 aliphatic heterocycles. The average molecular weight is 265 g/mol. The van der Waals surface area contributed by atoms with Gasteiger partial charge in [-0.3, -0.25) is 0 Å². The lowest BCUT2D eigenvalue weighted by atomic mass is 9.99. The Balaban J connectivity index is 1.75. The zero-order chi connectivity index (χ0) is 13.5. The van der Waals surface area contributed by atoms with Crippen molar-refractivity contribution in [3.05, 3.63) is 35.6 Å². The Labute approximate surface area is 115 Å². The summed E-state index contributed by atoms with van der Waals surface area (Å²) in [6.07, 6.45) is 6.98. The monoisotopic (exact) mass is 265 g/mol. The molecule has 0 amide bonds. The number of hydrogen-bond acceptors (Lipinski definition) is 2. The van der Waals surface area contributed by atoms with Crippen molar-refractivity contribution < 1.29 is 9.13 Å². The van der Waals surface area contributed by atoms with Gasteiger partial charge in [0.2, 0.25) is 0 Å². The molecule has 1 aliphatic rings. The van der Waals surface area contributed by atoms with Crippen molar-refractivity contribution in [3.8, 4) is 0 Å². The van der Waals surface area contributed by atoms with Crippen LogP contribution in [0.1, 0.15) is 37.7 Å². The minimum Gasteiger partial charge on any atom is -0.378 e. The van der Waals surface area contributed by atoms with Gasteiger partial charge in [0.1, 0.15) is 5.82 Å². The van der Waals surface area contributed by atoms with E-state index in [-0.39, 0.29) is 5.82 Å². The van der Waals surface area contributed by atoms with Gasteiger partial charge in [-0.2, -0.15) is 0 Å². The molecule has 1 N–H and O–H groups in total. The summed E-state index contributed by atoms with van der Waals surface area (Å²) in [6.45, 7) is 0.926. The predicted octanol–water partition coefficient (Wildman–Crippen LogP) is 3.31. The highest BCUT2D eigenvalue weighted by Crippen LogP contribution is 2.19. The fourth-order valence-corrected chi connectivity index (χ4v) is 2.74. The van der Waals surface area contributed by atoms with E-state index >= 15 is 0 Å². The van der Waals surface area contributed by atoms with Gasteiger partial charge in [-0.25, -0.2) is 4.39 Å². The Morgan fingerprint density at radius 2 is 2.26 bits per heavy atom. The zero-order valence-corrected chi connectivity index (χ0v) is 11.7. The first-order valence-corrected chi connectivity index (χ1v) is 7.32. The number of nitrogens with one attached hydrogen (secondary N) is 1. The minimum atomic E-state index is -0.0955. The van der Waals surface area contributed by atoms with Gasteiger partial charge in [0.15, 0.2) is 0 Å². The second kappa shape index (κ2) is 7.61. The molecule has 2 atom stereocenters. The molecule has 1 fully saturated rings. The lowest BCUT2D eigenvalue weighted by molar-refractivity contribution is 0.101. The van der Waals surface area contributed by atoms with Crippen LogP contribution in [-0.2, 0) is 11.2 Å². The molecule has 1 heterocycles. The Bertz CT molecular complexity index is 377. The normalized spacial score (nSPS) is 20.6. The first kappa shape index (κ1) is 14.5. The van der Waals surface area contributed by atoms with Crippen molar-refractivity contribution >= 4 is 0 Å². The molecule has 2 unspecified atom stereocenters. The third-order valence-corrected chi connectivity index (χ3v) is 3.94.